The average Bonchev–Trinajstić information content (AvgIpc) is 2.91. The molecule has 0 radical (unpaired) electrons. The molecule has 1 heterocycles. The van der Waals surface area contributed by atoms with E-state index in [4.69, 9.17) is 4.84 Å². The zero-order chi connectivity index (χ0) is 19.5. The summed E-state index contributed by atoms with van der Waals surface area (Å²) in [5, 5.41) is 3.19. The van der Waals surface area contributed by atoms with Crippen LogP contribution in [0.3, 0.4) is 0 Å². The van der Waals surface area contributed by atoms with Crippen LogP contribution in [-0.2, 0) is 24.0 Å². The van der Waals surface area contributed by atoms with E-state index in [0.29, 0.717) is 9.11 Å². The van der Waals surface area contributed by atoms with Gasteiger partial charge in [0.05, 0.1) is 0 Å². The van der Waals surface area contributed by atoms with Crippen molar-refractivity contribution in [3.05, 3.63) is 0 Å². The van der Waals surface area contributed by atoms with Gasteiger partial charge < -0.3 is 0 Å². The normalized spacial score (nSPS) is 15.6. The van der Waals surface area contributed by atoms with Gasteiger partial charge in [0, 0.05) is 0 Å². The van der Waals surface area contributed by atoms with E-state index in [-0.39, 0.29) is 59.5 Å². The minimum absolute atomic E-state index is 0.0108. The van der Waals surface area contributed by atoms with Crippen LogP contribution in [-0.4, -0.2) is 67.5 Å². The summed E-state index contributed by atoms with van der Waals surface area (Å²) in [5.74, 6) is -1.00. The van der Waals surface area contributed by atoms with Crippen LogP contribution in [0.4, 0.5) is 0 Å². The number of hydrogen-bond donors (Lipinski definition) is 2. The molecular formula is C16H27IN3O5S-. The van der Waals surface area contributed by atoms with Crippen molar-refractivity contribution in [1.82, 2.24) is 15.3 Å². The predicted molar refractivity (Wildman–Crippen MR) is 94.9 cm³/mol. The molecule has 1 rings (SSSR count). The molecule has 0 spiro atoms. The number of carbonyl (C=O) groups is 4. The van der Waals surface area contributed by atoms with E-state index in [1.807, 2.05) is 6.92 Å². The molecule has 1 aliphatic heterocycles. The number of imide groups is 1. The van der Waals surface area contributed by atoms with Crippen LogP contribution in [0, 0.1) is 0 Å². The number of likely N-dealkylation sites (N-methyl/N-ethyl adjacent to an activating group) is 1. The Kier molecular flexibility index (Phi) is 11.1. The summed E-state index contributed by atoms with van der Waals surface area (Å²) in [5.41, 5.74) is 0. The van der Waals surface area contributed by atoms with Gasteiger partial charge in [-0.05, 0) is 0 Å². The maximum atomic E-state index is 12.1. The number of amides is 3. The summed E-state index contributed by atoms with van der Waals surface area (Å²) in [6.07, 6.45) is 1.13. The first-order valence-corrected chi connectivity index (χ1v) is 12.0. The number of hydroxylamine groups is 2. The summed E-state index contributed by atoms with van der Waals surface area (Å²) >= 11 is 4.21. The SMILES string of the molecule is CCN(CC(=O)NCCC(=O)ON1C(=O)CCC1=O)[C@@H](C)[I-]CCCS. The first-order valence-electron chi connectivity index (χ1n) is 8.64. The fourth-order valence-corrected chi connectivity index (χ4v) is 5.86. The van der Waals surface area contributed by atoms with E-state index in [1.165, 1.54) is 4.43 Å². The van der Waals surface area contributed by atoms with Gasteiger partial charge >= 0.3 is 170 Å². The molecule has 0 unspecified atom stereocenters. The van der Waals surface area contributed by atoms with Crippen molar-refractivity contribution in [1.29, 1.82) is 0 Å². The summed E-state index contributed by atoms with van der Waals surface area (Å²) in [4.78, 5) is 53.3. The fourth-order valence-electron chi connectivity index (χ4n) is 2.23. The van der Waals surface area contributed by atoms with Crippen molar-refractivity contribution < 1.29 is 45.2 Å². The molecule has 1 N–H and O–H groups in total. The van der Waals surface area contributed by atoms with Gasteiger partial charge in [-0.2, -0.15) is 0 Å². The molecule has 8 nitrogen and oxygen atoms in total. The number of halogens is 1. The van der Waals surface area contributed by atoms with Gasteiger partial charge in [-0.25, -0.2) is 0 Å². The summed E-state index contributed by atoms with van der Waals surface area (Å²) in [6, 6.07) is 0. The molecular weight excluding hydrogens is 473 g/mol. The second-order valence-electron chi connectivity index (χ2n) is 5.70. The molecule has 150 valence electrons. The van der Waals surface area contributed by atoms with Gasteiger partial charge in [0.15, 0.2) is 0 Å². The van der Waals surface area contributed by atoms with E-state index in [0.717, 1.165) is 18.7 Å². The molecule has 10 heteroatoms. The number of alkyl halides is 2. The summed E-state index contributed by atoms with van der Waals surface area (Å²) in [6.45, 7) is 5.35. The fraction of sp³-hybridized carbons (Fsp3) is 0.750. The first-order chi connectivity index (χ1) is 12.4. The molecule has 0 aromatic heterocycles. The number of carbonyl (C=O) groups excluding carboxylic acids is 4. The van der Waals surface area contributed by atoms with Crippen molar-refractivity contribution >= 4 is 36.3 Å². The standard InChI is InChI=1S/C16H27IN3O5S/c1-3-19(12(2)17-8-4-10-26)11-13(21)18-9-7-16(24)25-20-14(22)5-6-15(20)23/h12,26H,3-11H2,1-2H3,(H,18,21)/q-1/t12-/m0/s1. The molecule has 1 atom stereocenters. The van der Waals surface area contributed by atoms with Gasteiger partial charge in [-0.15, -0.1) is 0 Å². The van der Waals surface area contributed by atoms with E-state index >= 15 is 0 Å². The van der Waals surface area contributed by atoms with Crippen LogP contribution in [0.1, 0.15) is 39.5 Å². The Morgan fingerprint density at radius 3 is 2.58 bits per heavy atom. The molecule has 0 saturated carbocycles. The van der Waals surface area contributed by atoms with Crippen molar-refractivity contribution in [3.8, 4) is 0 Å². The van der Waals surface area contributed by atoms with E-state index in [2.05, 4.69) is 29.8 Å². The number of nitrogens with one attached hydrogen (secondary N) is 1. The third-order valence-corrected chi connectivity index (χ3v) is 7.49. The molecule has 1 aliphatic rings. The topological polar surface area (TPSA) is 96.0 Å². The van der Waals surface area contributed by atoms with Gasteiger partial charge in [0.2, 0.25) is 0 Å². The second-order valence-corrected chi connectivity index (χ2v) is 9.91. The quantitative estimate of drug-likeness (QED) is 0.0750. The molecule has 1 fully saturated rings. The third-order valence-electron chi connectivity index (χ3n) is 3.73. The average molecular weight is 500 g/mol. The zero-order valence-corrected chi connectivity index (χ0v) is 18.3. The van der Waals surface area contributed by atoms with Gasteiger partial charge in [-0.3, -0.25) is 0 Å². The van der Waals surface area contributed by atoms with Crippen LogP contribution in [0.2, 0.25) is 0 Å². The molecule has 3 amide bonds. The molecule has 0 aromatic rings. The second kappa shape index (κ2) is 12.5. The molecule has 26 heavy (non-hydrogen) atoms. The molecule has 1 saturated heterocycles. The Morgan fingerprint density at radius 1 is 1.35 bits per heavy atom. The van der Waals surface area contributed by atoms with Gasteiger partial charge in [-0.1, -0.05) is 0 Å². The molecule has 0 aliphatic carbocycles. The Bertz CT molecular complexity index is 504. The Balaban J connectivity index is 2.26. The summed E-state index contributed by atoms with van der Waals surface area (Å²) < 4.78 is 1.59. The number of hydrogen-bond acceptors (Lipinski definition) is 7. The molecule has 0 aromatic carbocycles. The van der Waals surface area contributed by atoms with E-state index < -0.39 is 17.8 Å². The number of thiol groups is 1. The number of rotatable bonds is 12. The van der Waals surface area contributed by atoms with Gasteiger partial charge in [0.25, 0.3) is 0 Å². The third kappa shape index (κ3) is 8.21. The van der Waals surface area contributed by atoms with Crippen LogP contribution in [0.25, 0.3) is 0 Å². The molecule has 0 bridgehead atoms. The van der Waals surface area contributed by atoms with Crippen LogP contribution >= 0.6 is 12.6 Å². The van der Waals surface area contributed by atoms with E-state index in [9.17, 15) is 19.2 Å². The van der Waals surface area contributed by atoms with Crippen molar-refractivity contribution in [2.75, 3.05) is 29.8 Å². The minimum atomic E-state index is -0.716. The predicted octanol–water partition coefficient (Wildman–Crippen LogP) is -2.82. The number of nitrogens with zero attached hydrogens (tertiary/aromatic N) is 2. The maximum absolute atomic E-state index is 12.1. The Hall–Kier alpha value is -0.880. The Morgan fingerprint density at radius 2 is 2.00 bits per heavy atom. The van der Waals surface area contributed by atoms with Crippen LogP contribution in [0.5, 0.6) is 0 Å². The van der Waals surface area contributed by atoms with Crippen molar-refractivity contribution in [2.24, 2.45) is 0 Å². The monoisotopic (exact) mass is 500 g/mol. The van der Waals surface area contributed by atoms with E-state index in [1.54, 1.807) is 0 Å². The van der Waals surface area contributed by atoms with Gasteiger partial charge in [0.1, 0.15) is 0 Å². The zero-order valence-electron chi connectivity index (χ0n) is 15.2. The van der Waals surface area contributed by atoms with Crippen LogP contribution < -0.4 is 26.5 Å². The van der Waals surface area contributed by atoms with Crippen LogP contribution in [0.15, 0.2) is 0 Å². The van der Waals surface area contributed by atoms with Crippen molar-refractivity contribution in [2.45, 2.75) is 43.6 Å². The van der Waals surface area contributed by atoms with Crippen molar-refractivity contribution in [3.63, 3.8) is 0 Å². The Labute approximate surface area is 170 Å². The first kappa shape index (κ1) is 23.2. The summed E-state index contributed by atoms with van der Waals surface area (Å²) in [7, 11) is 0.